The average Bonchev–Trinajstić information content (AvgIpc) is 2.47. The Labute approximate surface area is 113 Å². The van der Waals surface area contributed by atoms with Gasteiger partial charge in [-0.05, 0) is 36.4 Å². The second-order valence-corrected chi connectivity index (χ2v) is 4.14. The molecule has 0 fully saturated rings. The van der Waals surface area contributed by atoms with Crippen molar-refractivity contribution in [3.05, 3.63) is 42.1 Å². The van der Waals surface area contributed by atoms with Crippen LogP contribution in [0.4, 0.5) is 0 Å². The third-order valence-corrected chi connectivity index (χ3v) is 2.92. The number of nitrogens with one attached hydrogen (secondary N) is 1. The molecule has 1 N–H and O–H groups in total. The van der Waals surface area contributed by atoms with Crippen molar-refractivity contribution in [1.29, 1.82) is 0 Å². The maximum Gasteiger partial charge on any atom is 0.213 e. The first-order chi connectivity index (χ1) is 9.28. The Morgan fingerprint density at radius 2 is 1.84 bits per heavy atom. The molecule has 1 aromatic carbocycles. The van der Waals surface area contributed by atoms with Crippen molar-refractivity contribution in [2.75, 3.05) is 21.3 Å². The largest absolute Gasteiger partial charge is 0.496 e. The van der Waals surface area contributed by atoms with Crippen molar-refractivity contribution in [2.45, 2.75) is 6.54 Å². The lowest BCUT2D eigenvalue weighted by atomic mass is 10.0. The smallest absolute Gasteiger partial charge is 0.213 e. The molecule has 0 aliphatic rings. The predicted molar refractivity (Wildman–Crippen MR) is 75.5 cm³/mol. The van der Waals surface area contributed by atoms with Crippen LogP contribution in [-0.4, -0.2) is 26.3 Å². The van der Waals surface area contributed by atoms with Crippen LogP contribution < -0.4 is 14.8 Å². The molecule has 0 radical (unpaired) electrons. The second kappa shape index (κ2) is 6.20. The summed E-state index contributed by atoms with van der Waals surface area (Å²) in [4.78, 5) is 4.12. The number of rotatable bonds is 5. The van der Waals surface area contributed by atoms with Gasteiger partial charge in [-0.2, -0.15) is 0 Å². The van der Waals surface area contributed by atoms with E-state index in [-0.39, 0.29) is 0 Å². The highest BCUT2D eigenvalue weighted by Gasteiger charge is 2.06. The standard InChI is InChI=1S/C15H18N2O2/c1-16-10-13-8-11(4-5-14(13)18-2)12-6-7-17-15(9-12)19-3/h4-9,16H,10H2,1-3H3. The molecule has 2 aromatic rings. The first kappa shape index (κ1) is 13.4. The number of benzene rings is 1. The minimum Gasteiger partial charge on any atom is -0.496 e. The first-order valence-electron chi connectivity index (χ1n) is 6.10. The number of hydrogen-bond donors (Lipinski definition) is 1. The third kappa shape index (κ3) is 3.03. The molecule has 0 aliphatic carbocycles. The minimum absolute atomic E-state index is 0.614. The number of nitrogens with zero attached hydrogens (tertiary/aromatic N) is 1. The van der Waals surface area contributed by atoms with Gasteiger partial charge in [0.1, 0.15) is 5.75 Å². The van der Waals surface area contributed by atoms with Crippen molar-refractivity contribution >= 4 is 0 Å². The zero-order chi connectivity index (χ0) is 13.7. The second-order valence-electron chi connectivity index (χ2n) is 4.14. The molecule has 0 spiro atoms. The van der Waals surface area contributed by atoms with Crippen LogP contribution in [0.15, 0.2) is 36.5 Å². The van der Waals surface area contributed by atoms with E-state index in [1.54, 1.807) is 20.4 Å². The van der Waals surface area contributed by atoms with Crippen molar-refractivity contribution in [3.63, 3.8) is 0 Å². The monoisotopic (exact) mass is 258 g/mol. The molecule has 2 rings (SSSR count). The van der Waals surface area contributed by atoms with Gasteiger partial charge in [-0.1, -0.05) is 6.07 Å². The average molecular weight is 258 g/mol. The van der Waals surface area contributed by atoms with Gasteiger partial charge >= 0.3 is 0 Å². The summed E-state index contributed by atoms with van der Waals surface area (Å²) in [6.07, 6.45) is 1.75. The fraction of sp³-hybridized carbons (Fsp3) is 0.267. The normalized spacial score (nSPS) is 10.3. The van der Waals surface area contributed by atoms with E-state index in [9.17, 15) is 0 Å². The van der Waals surface area contributed by atoms with Crippen LogP contribution in [-0.2, 0) is 6.54 Å². The van der Waals surface area contributed by atoms with Crippen LogP contribution >= 0.6 is 0 Å². The van der Waals surface area contributed by atoms with Gasteiger partial charge in [0.15, 0.2) is 0 Å². The fourth-order valence-corrected chi connectivity index (χ4v) is 1.99. The van der Waals surface area contributed by atoms with E-state index in [1.807, 2.05) is 31.3 Å². The highest BCUT2D eigenvalue weighted by atomic mass is 16.5. The van der Waals surface area contributed by atoms with E-state index in [0.29, 0.717) is 5.88 Å². The van der Waals surface area contributed by atoms with Gasteiger partial charge in [-0.25, -0.2) is 4.98 Å². The Balaban J connectivity index is 2.41. The maximum absolute atomic E-state index is 5.36. The van der Waals surface area contributed by atoms with Gasteiger partial charge in [-0.15, -0.1) is 0 Å². The quantitative estimate of drug-likeness (QED) is 0.894. The van der Waals surface area contributed by atoms with E-state index < -0.39 is 0 Å². The topological polar surface area (TPSA) is 43.4 Å². The van der Waals surface area contributed by atoms with Crippen LogP contribution in [0.25, 0.3) is 11.1 Å². The molecular weight excluding hydrogens is 240 g/mol. The van der Waals surface area contributed by atoms with Crippen LogP contribution in [0.1, 0.15) is 5.56 Å². The van der Waals surface area contributed by atoms with Crippen LogP contribution in [0.3, 0.4) is 0 Å². The molecule has 1 heterocycles. The van der Waals surface area contributed by atoms with Crippen molar-refractivity contribution in [3.8, 4) is 22.8 Å². The van der Waals surface area contributed by atoms with Crippen molar-refractivity contribution < 1.29 is 9.47 Å². The summed E-state index contributed by atoms with van der Waals surface area (Å²) >= 11 is 0. The summed E-state index contributed by atoms with van der Waals surface area (Å²) < 4.78 is 10.5. The van der Waals surface area contributed by atoms with Gasteiger partial charge in [0.05, 0.1) is 14.2 Å². The van der Waals surface area contributed by atoms with Crippen LogP contribution in [0.5, 0.6) is 11.6 Å². The lowest BCUT2D eigenvalue weighted by Gasteiger charge is -2.11. The molecule has 1 aromatic heterocycles. The number of methoxy groups -OCH3 is 2. The highest BCUT2D eigenvalue weighted by Crippen LogP contribution is 2.27. The molecule has 19 heavy (non-hydrogen) atoms. The Morgan fingerprint density at radius 1 is 1.05 bits per heavy atom. The van der Waals surface area contributed by atoms with Crippen LogP contribution in [0, 0.1) is 0 Å². The highest BCUT2D eigenvalue weighted by molar-refractivity contribution is 5.66. The van der Waals surface area contributed by atoms with Gasteiger partial charge in [0.25, 0.3) is 0 Å². The molecular formula is C15H18N2O2. The molecule has 0 saturated carbocycles. The SMILES string of the molecule is CNCc1cc(-c2ccnc(OC)c2)ccc1OC. The van der Waals surface area contributed by atoms with Gasteiger partial charge in [0, 0.05) is 24.4 Å². The summed E-state index contributed by atoms with van der Waals surface area (Å²) in [7, 11) is 5.22. The zero-order valence-electron chi connectivity index (χ0n) is 11.4. The summed E-state index contributed by atoms with van der Waals surface area (Å²) in [6.45, 7) is 0.763. The molecule has 0 atom stereocenters. The van der Waals surface area contributed by atoms with Crippen molar-refractivity contribution in [2.24, 2.45) is 0 Å². The number of ether oxygens (including phenoxy) is 2. The fourth-order valence-electron chi connectivity index (χ4n) is 1.99. The number of pyridine rings is 1. The van der Waals surface area contributed by atoms with Gasteiger partial charge in [-0.3, -0.25) is 0 Å². The number of hydrogen-bond acceptors (Lipinski definition) is 4. The Morgan fingerprint density at radius 3 is 2.53 bits per heavy atom. The molecule has 0 aliphatic heterocycles. The third-order valence-electron chi connectivity index (χ3n) is 2.92. The van der Waals surface area contributed by atoms with Gasteiger partial charge in [0.2, 0.25) is 5.88 Å². The van der Waals surface area contributed by atoms with E-state index >= 15 is 0 Å². The first-order valence-corrected chi connectivity index (χ1v) is 6.10. The summed E-state index contributed by atoms with van der Waals surface area (Å²) in [6, 6.07) is 10.0. The summed E-state index contributed by atoms with van der Waals surface area (Å²) in [5.74, 6) is 1.50. The predicted octanol–water partition coefficient (Wildman–Crippen LogP) is 2.49. The summed E-state index contributed by atoms with van der Waals surface area (Å²) in [5, 5.41) is 3.14. The van der Waals surface area contributed by atoms with E-state index in [4.69, 9.17) is 9.47 Å². The lowest BCUT2D eigenvalue weighted by molar-refractivity contribution is 0.398. The van der Waals surface area contributed by atoms with Gasteiger partial charge < -0.3 is 14.8 Å². The molecule has 4 heteroatoms. The molecule has 4 nitrogen and oxygen atoms in total. The Bertz CT molecular complexity index is 556. The zero-order valence-corrected chi connectivity index (χ0v) is 11.4. The molecule has 0 bridgehead atoms. The minimum atomic E-state index is 0.614. The van der Waals surface area contributed by atoms with E-state index in [1.165, 1.54) is 0 Å². The van der Waals surface area contributed by atoms with Crippen molar-refractivity contribution in [1.82, 2.24) is 10.3 Å². The van der Waals surface area contributed by atoms with Crippen LogP contribution in [0.2, 0.25) is 0 Å². The molecule has 100 valence electrons. The summed E-state index contributed by atoms with van der Waals surface area (Å²) in [5.41, 5.74) is 3.32. The lowest BCUT2D eigenvalue weighted by Crippen LogP contribution is -2.06. The molecule has 0 saturated heterocycles. The maximum atomic E-state index is 5.36. The molecule has 0 unspecified atom stereocenters. The Kier molecular flexibility index (Phi) is 4.36. The number of aromatic nitrogens is 1. The Hall–Kier alpha value is -2.07. The van der Waals surface area contributed by atoms with E-state index in [2.05, 4.69) is 16.4 Å². The molecule has 0 amide bonds. The van der Waals surface area contributed by atoms with E-state index in [0.717, 1.165) is 29.0 Å².